The van der Waals surface area contributed by atoms with E-state index in [1.54, 1.807) is 19.2 Å². The zero-order chi connectivity index (χ0) is 14.3. The number of rotatable bonds is 1. The van der Waals surface area contributed by atoms with Crippen molar-refractivity contribution >= 4 is 17.5 Å². The smallest absolute Gasteiger partial charge is 0.414 e. The van der Waals surface area contributed by atoms with Crippen molar-refractivity contribution in [3.05, 3.63) is 24.3 Å². The van der Waals surface area contributed by atoms with E-state index < -0.39 is 11.7 Å². The van der Waals surface area contributed by atoms with Crippen molar-refractivity contribution in [2.24, 2.45) is 0 Å². The lowest BCUT2D eigenvalue weighted by atomic mass is 10.2. The average molecular weight is 252 g/mol. The van der Waals surface area contributed by atoms with Crippen LogP contribution in [0.25, 0.3) is 0 Å². The molecule has 0 aliphatic heterocycles. The van der Waals surface area contributed by atoms with Crippen LogP contribution in [0.5, 0.6) is 0 Å². The number of carbonyl (C=O) groups is 1. The van der Waals surface area contributed by atoms with Crippen molar-refractivity contribution < 1.29 is 9.53 Å². The fraction of sp³-hybridized carbons (Fsp3) is 0.500. The van der Waals surface area contributed by atoms with Gasteiger partial charge in [-0.3, -0.25) is 4.90 Å². The predicted octanol–water partition coefficient (Wildman–Crippen LogP) is 3.67. The van der Waals surface area contributed by atoms with Crippen molar-refractivity contribution in [1.82, 2.24) is 0 Å². The quantitative estimate of drug-likeness (QED) is 0.776. The van der Waals surface area contributed by atoms with Crippen LogP contribution in [0.1, 0.15) is 34.6 Å². The van der Waals surface area contributed by atoms with Gasteiger partial charge in [-0.05, 0) is 32.9 Å². The van der Waals surface area contributed by atoms with Crippen LogP contribution >= 0.6 is 0 Å². The van der Waals surface area contributed by atoms with E-state index >= 15 is 0 Å². The first-order chi connectivity index (χ1) is 8.31. The fourth-order valence-electron chi connectivity index (χ4n) is 1.22. The molecule has 0 bridgehead atoms. The summed E-state index contributed by atoms with van der Waals surface area (Å²) in [6, 6.07) is 7.17. The van der Waals surface area contributed by atoms with Crippen molar-refractivity contribution in [2.75, 3.05) is 17.7 Å². The maximum absolute atomic E-state index is 11.8. The van der Waals surface area contributed by atoms with Gasteiger partial charge in [0, 0.05) is 7.05 Å². The third-order valence-corrected chi connectivity index (χ3v) is 1.97. The Labute approximate surface area is 110 Å². The molecule has 102 valence electrons. The Morgan fingerprint density at radius 1 is 1.22 bits per heavy atom. The zero-order valence-corrected chi connectivity index (χ0v) is 12.2. The van der Waals surface area contributed by atoms with E-state index in [1.165, 1.54) is 4.90 Å². The highest BCUT2D eigenvalue weighted by Gasteiger charge is 2.21. The van der Waals surface area contributed by atoms with E-state index in [4.69, 9.17) is 10.5 Å². The number of hydrogen-bond donors (Lipinski definition) is 1. The number of hydrogen-bond acceptors (Lipinski definition) is 3. The van der Waals surface area contributed by atoms with Crippen LogP contribution in [0.3, 0.4) is 0 Å². The average Bonchev–Trinajstić information content (AvgIpc) is 2.29. The standard InChI is InChI=1S/C12H18N2O2.C2H6/c1-12(2,3)16-11(15)14(4)10-8-6-5-7-9(10)13;1-2/h5-8H,13H2,1-4H3;1-2H3. The number of nitrogens with zero attached hydrogens (tertiary/aromatic N) is 1. The molecule has 0 atom stereocenters. The summed E-state index contributed by atoms with van der Waals surface area (Å²) in [5.41, 5.74) is 6.47. The molecule has 2 N–H and O–H groups in total. The van der Waals surface area contributed by atoms with Gasteiger partial charge in [-0.2, -0.15) is 0 Å². The lowest BCUT2D eigenvalue weighted by Crippen LogP contribution is -2.34. The lowest BCUT2D eigenvalue weighted by molar-refractivity contribution is 0.0589. The molecule has 1 aromatic carbocycles. The minimum atomic E-state index is -0.505. The first-order valence-corrected chi connectivity index (χ1v) is 6.12. The molecule has 0 aliphatic rings. The Hall–Kier alpha value is -1.71. The van der Waals surface area contributed by atoms with E-state index in [-0.39, 0.29) is 0 Å². The number of nitrogens with two attached hydrogens (primary N) is 1. The highest BCUT2D eigenvalue weighted by Crippen LogP contribution is 2.22. The molecule has 0 radical (unpaired) electrons. The molecule has 0 aromatic heterocycles. The fourth-order valence-corrected chi connectivity index (χ4v) is 1.22. The molecular formula is C14H24N2O2. The molecule has 4 heteroatoms. The lowest BCUT2D eigenvalue weighted by Gasteiger charge is -2.25. The minimum Gasteiger partial charge on any atom is -0.443 e. The largest absolute Gasteiger partial charge is 0.443 e. The Morgan fingerprint density at radius 2 is 1.72 bits per heavy atom. The van der Waals surface area contributed by atoms with Gasteiger partial charge in [0.05, 0.1) is 11.4 Å². The Morgan fingerprint density at radius 3 is 2.17 bits per heavy atom. The molecule has 4 nitrogen and oxygen atoms in total. The van der Waals surface area contributed by atoms with Gasteiger partial charge in [-0.1, -0.05) is 26.0 Å². The van der Waals surface area contributed by atoms with E-state index in [1.807, 2.05) is 46.8 Å². The Kier molecular flexibility index (Phi) is 6.23. The van der Waals surface area contributed by atoms with Gasteiger partial charge >= 0.3 is 6.09 Å². The monoisotopic (exact) mass is 252 g/mol. The van der Waals surface area contributed by atoms with Crippen LogP contribution in [0.4, 0.5) is 16.2 Å². The van der Waals surface area contributed by atoms with Crippen LogP contribution in [-0.4, -0.2) is 18.7 Å². The number of carbonyl (C=O) groups excluding carboxylic acids is 1. The highest BCUT2D eigenvalue weighted by molar-refractivity contribution is 5.91. The molecule has 18 heavy (non-hydrogen) atoms. The van der Waals surface area contributed by atoms with Gasteiger partial charge in [-0.15, -0.1) is 0 Å². The zero-order valence-electron chi connectivity index (χ0n) is 12.2. The van der Waals surface area contributed by atoms with Gasteiger partial charge in [-0.25, -0.2) is 4.79 Å². The van der Waals surface area contributed by atoms with Gasteiger partial charge in [0.2, 0.25) is 0 Å². The third-order valence-electron chi connectivity index (χ3n) is 1.97. The first kappa shape index (κ1) is 16.3. The van der Waals surface area contributed by atoms with Gasteiger partial charge in [0.1, 0.15) is 5.60 Å². The van der Waals surface area contributed by atoms with E-state index in [0.29, 0.717) is 11.4 Å². The number of para-hydroxylation sites is 2. The number of amides is 1. The molecule has 0 saturated carbocycles. The highest BCUT2D eigenvalue weighted by atomic mass is 16.6. The summed E-state index contributed by atoms with van der Waals surface area (Å²) >= 11 is 0. The van der Waals surface area contributed by atoms with Crippen molar-refractivity contribution in [1.29, 1.82) is 0 Å². The molecule has 0 unspecified atom stereocenters. The van der Waals surface area contributed by atoms with Crippen LogP contribution < -0.4 is 10.6 Å². The predicted molar refractivity (Wildman–Crippen MR) is 76.8 cm³/mol. The van der Waals surface area contributed by atoms with Crippen LogP contribution in [0, 0.1) is 0 Å². The summed E-state index contributed by atoms with van der Waals surface area (Å²) in [6.07, 6.45) is -0.412. The van der Waals surface area contributed by atoms with Gasteiger partial charge in [0.15, 0.2) is 0 Å². The minimum absolute atomic E-state index is 0.412. The summed E-state index contributed by atoms with van der Waals surface area (Å²) in [4.78, 5) is 13.2. The van der Waals surface area contributed by atoms with Gasteiger partial charge in [0.25, 0.3) is 0 Å². The number of benzene rings is 1. The van der Waals surface area contributed by atoms with Crippen molar-refractivity contribution in [3.8, 4) is 0 Å². The van der Waals surface area contributed by atoms with Crippen LogP contribution in [-0.2, 0) is 4.74 Å². The molecule has 0 saturated heterocycles. The van der Waals surface area contributed by atoms with Crippen molar-refractivity contribution in [2.45, 2.75) is 40.2 Å². The number of anilines is 2. The summed E-state index contributed by atoms with van der Waals surface area (Å²) in [6.45, 7) is 9.48. The van der Waals surface area contributed by atoms with Gasteiger partial charge < -0.3 is 10.5 Å². The maximum Gasteiger partial charge on any atom is 0.414 e. The molecular weight excluding hydrogens is 228 g/mol. The molecule has 1 aromatic rings. The Bertz CT molecular complexity index is 384. The SMILES string of the molecule is CC.CN(C(=O)OC(C)(C)C)c1ccccc1N. The van der Waals surface area contributed by atoms with E-state index in [2.05, 4.69) is 0 Å². The molecule has 0 fully saturated rings. The number of nitrogen functional groups attached to an aromatic ring is 1. The Balaban J connectivity index is 0.00000137. The van der Waals surface area contributed by atoms with E-state index in [0.717, 1.165) is 0 Å². The van der Waals surface area contributed by atoms with Crippen LogP contribution in [0.2, 0.25) is 0 Å². The summed E-state index contributed by atoms with van der Waals surface area (Å²) in [5, 5.41) is 0. The first-order valence-electron chi connectivity index (χ1n) is 6.12. The second kappa shape index (κ2) is 6.89. The normalized spacial score (nSPS) is 10.1. The molecule has 1 amide bonds. The molecule has 0 aliphatic carbocycles. The molecule has 1 rings (SSSR count). The summed E-state index contributed by atoms with van der Waals surface area (Å²) in [7, 11) is 1.64. The summed E-state index contributed by atoms with van der Waals surface area (Å²) in [5.74, 6) is 0. The topological polar surface area (TPSA) is 55.6 Å². The van der Waals surface area contributed by atoms with Crippen molar-refractivity contribution in [3.63, 3.8) is 0 Å². The van der Waals surface area contributed by atoms with E-state index in [9.17, 15) is 4.79 Å². The molecule has 0 heterocycles. The summed E-state index contributed by atoms with van der Waals surface area (Å²) < 4.78 is 5.24. The second-order valence-electron chi connectivity index (χ2n) is 4.60. The number of ether oxygens (including phenoxy) is 1. The van der Waals surface area contributed by atoms with Crippen LogP contribution in [0.15, 0.2) is 24.3 Å². The third kappa shape index (κ3) is 5.08. The second-order valence-corrected chi connectivity index (χ2v) is 4.60. The molecule has 0 spiro atoms. The maximum atomic E-state index is 11.8.